The monoisotopic (exact) mass is 472 g/mol. The van der Waals surface area contributed by atoms with Crippen molar-refractivity contribution in [3.63, 3.8) is 0 Å². The second-order valence-corrected chi connectivity index (χ2v) is 6.13. The molecule has 34 heavy (non-hydrogen) atoms. The number of carbonyl (C=O) groups excluding carboxylic acids is 1. The zero-order valence-corrected chi connectivity index (χ0v) is 22.9. The lowest BCUT2D eigenvalue weighted by molar-refractivity contribution is 0.000141. The molecule has 0 saturated carbocycles. The first-order chi connectivity index (χ1) is 16.6. The van der Waals surface area contributed by atoms with E-state index in [0.717, 1.165) is 0 Å². The average Bonchev–Trinajstić information content (AvgIpc) is 2.92. The summed E-state index contributed by atoms with van der Waals surface area (Å²) in [5.41, 5.74) is 0.474. The van der Waals surface area contributed by atoms with Crippen molar-refractivity contribution in [1.29, 1.82) is 0 Å². The van der Waals surface area contributed by atoms with Crippen molar-refractivity contribution in [1.82, 2.24) is 0 Å². The fourth-order valence-corrected chi connectivity index (χ4v) is 2.20. The average molecular weight is 473 g/mol. The van der Waals surface area contributed by atoms with E-state index in [-0.39, 0.29) is 13.2 Å². The second kappa shape index (κ2) is 28.3. The van der Waals surface area contributed by atoms with Gasteiger partial charge in [0, 0.05) is 7.11 Å². The molecular formula is C30H48O4. The van der Waals surface area contributed by atoms with Crippen LogP contribution in [0.3, 0.4) is 0 Å². The fraction of sp³-hybridized carbons (Fsp3) is 0.433. The highest BCUT2D eigenvalue weighted by molar-refractivity contribution is 5.89. The SMILES string of the molecule is CC.CC.CC.CCC.COCC(O)COC(=O)c1ccccc1.c1ccc2ccccc2c1. The molecule has 0 radical (unpaired) electrons. The van der Waals surface area contributed by atoms with Gasteiger partial charge in [-0.15, -0.1) is 0 Å². The number of rotatable bonds is 5. The van der Waals surface area contributed by atoms with Crippen molar-refractivity contribution in [3.8, 4) is 0 Å². The normalized spacial score (nSPS) is 9.35. The third-order valence-corrected chi connectivity index (χ3v) is 3.43. The maximum absolute atomic E-state index is 11.4. The van der Waals surface area contributed by atoms with Crippen LogP contribution in [-0.2, 0) is 9.47 Å². The standard InChI is InChI=1S/C11H14O4.C10H8.C3H8.3C2H6/c1-14-7-10(12)8-15-11(13)9-5-3-2-4-6-9;1-2-6-10-8-4-3-7-9(10)5-1;1-3-2;3*1-2/h2-6,10,12H,7-8H2,1H3;1-8H;3H2,1-2H3;3*1-2H3. The van der Waals surface area contributed by atoms with Crippen LogP contribution in [0.4, 0.5) is 0 Å². The molecule has 192 valence electrons. The van der Waals surface area contributed by atoms with Gasteiger partial charge in [0.2, 0.25) is 0 Å². The van der Waals surface area contributed by atoms with Crippen molar-refractivity contribution in [3.05, 3.63) is 84.4 Å². The molecule has 0 saturated heterocycles. The summed E-state index contributed by atoms with van der Waals surface area (Å²) in [5.74, 6) is -0.439. The van der Waals surface area contributed by atoms with Gasteiger partial charge in [0.05, 0.1) is 12.2 Å². The number of ether oxygens (including phenoxy) is 2. The molecule has 3 aromatic carbocycles. The summed E-state index contributed by atoms with van der Waals surface area (Å²) in [4.78, 5) is 11.4. The predicted molar refractivity (Wildman–Crippen MR) is 149 cm³/mol. The van der Waals surface area contributed by atoms with Crippen molar-refractivity contribution in [2.45, 2.75) is 67.9 Å². The summed E-state index contributed by atoms with van der Waals surface area (Å²) >= 11 is 0. The minimum atomic E-state index is -0.775. The van der Waals surface area contributed by atoms with Gasteiger partial charge in [-0.3, -0.25) is 0 Å². The summed E-state index contributed by atoms with van der Waals surface area (Å²) in [7, 11) is 1.47. The van der Waals surface area contributed by atoms with Gasteiger partial charge in [-0.1, -0.05) is 129 Å². The van der Waals surface area contributed by atoms with E-state index in [1.54, 1.807) is 24.3 Å². The molecule has 1 atom stereocenters. The van der Waals surface area contributed by atoms with Gasteiger partial charge in [-0.25, -0.2) is 4.79 Å². The van der Waals surface area contributed by atoms with Crippen molar-refractivity contribution >= 4 is 16.7 Å². The van der Waals surface area contributed by atoms with Crippen LogP contribution in [0.15, 0.2) is 78.9 Å². The lowest BCUT2D eigenvalue weighted by atomic mass is 10.1. The van der Waals surface area contributed by atoms with Crippen LogP contribution in [0.5, 0.6) is 0 Å². The molecule has 0 amide bonds. The number of aliphatic hydroxyl groups excluding tert-OH is 1. The molecule has 4 heteroatoms. The number of methoxy groups -OCH3 is 1. The molecule has 0 aromatic heterocycles. The number of esters is 1. The molecule has 0 heterocycles. The summed E-state index contributed by atoms with van der Waals surface area (Å²) in [6.45, 7) is 16.4. The van der Waals surface area contributed by atoms with E-state index in [2.05, 4.69) is 62.4 Å². The first-order valence-electron chi connectivity index (χ1n) is 12.4. The van der Waals surface area contributed by atoms with Gasteiger partial charge in [-0.05, 0) is 22.9 Å². The Hall–Kier alpha value is -2.69. The molecule has 1 unspecified atom stereocenters. The van der Waals surface area contributed by atoms with E-state index in [1.807, 2.05) is 47.6 Å². The van der Waals surface area contributed by atoms with Crippen molar-refractivity contribution < 1.29 is 19.4 Å². The maximum Gasteiger partial charge on any atom is 0.338 e. The summed E-state index contributed by atoms with van der Waals surface area (Å²) in [6.07, 6.45) is 0.475. The number of aliphatic hydroxyl groups is 1. The van der Waals surface area contributed by atoms with Gasteiger partial charge in [-0.2, -0.15) is 0 Å². The van der Waals surface area contributed by atoms with Crippen molar-refractivity contribution in [2.24, 2.45) is 0 Å². The molecular weight excluding hydrogens is 424 g/mol. The number of hydrogen-bond donors (Lipinski definition) is 1. The molecule has 0 aliphatic carbocycles. The molecule has 0 bridgehead atoms. The quantitative estimate of drug-likeness (QED) is 0.380. The highest BCUT2D eigenvalue weighted by Crippen LogP contribution is 2.11. The zero-order chi connectivity index (χ0) is 26.6. The smallest absolute Gasteiger partial charge is 0.338 e. The maximum atomic E-state index is 11.4. The third kappa shape index (κ3) is 18.8. The Balaban J connectivity index is -0.000000436. The molecule has 0 aliphatic heterocycles. The summed E-state index contributed by atoms with van der Waals surface area (Å²) in [6, 6.07) is 25.3. The van der Waals surface area contributed by atoms with Gasteiger partial charge < -0.3 is 14.6 Å². The van der Waals surface area contributed by atoms with E-state index < -0.39 is 12.1 Å². The Kier molecular flexibility index (Phi) is 29.9. The highest BCUT2D eigenvalue weighted by Gasteiger charge is 2.09. The van der Waals surface area contributed by atoms with E-state index in [0.29, 0.717) is 5.56 Å². The van der Waals surface area contributed by atoms with Crippen LogP contribution < -0.4 is 0 Å². The minimum absolute atomic E-state index is 0.0540. The number of carbonyl (C=O) groups is 1. The molecule has 0 fully saturated rings. The lowest BCUT2D eigenvalue weighted by Crippen LogP contribution is -2.23. The Labute approximate surface area is 208 Å². The van der Waals surface area contributed by atoms with Gasteiger partial charge in [0.1, 0.15) is 12.7 Å². The highest BCUT2D eigenvalue weighted by atomic mass is 16.5. The minimum Gasteiger partial charge on any atom is -0.459 e. The van der Waals surface area contributed by atoms with E-state index in [9.17, 15) is 9.90 Å². The lowest BCUT2D eigenvalue weighted by Gasteiger charge is -2.09. The number of benzene rings is 3. The summed E-state index contributed by atoms with van der Waals surface area (Å²) in [5, 5.41) is 11.9. The fourth-order valence-electron chi connectivity index (χ4n) is 2.20. The molecule has 1 N–H and O–H groups in total. The predicted octanol–water partition coefficient (Wildman–Crippen LogP) is 8.19. The number of fused-ring (bicyclic) bond motifs is 1. The molecule has 0 spiro atoms. The van der Waals surface area contributed by atoms with Gasteiger partial charge in [0.25, 0.3) is 0 Å². The topological polar surface area (TPSA) is 55.8 Å². The largest absolute Gasteiger partial charge is 0.459 e. The zero-order valence-electron chi connectivity index (χ0n) is 22.9. The van der Waals surface area contributed by atoms with Crippen LogP contribution >= 0.6 is 0 Å². The van der Waals surface area contributed by atoms with Crippen LogP contribution in [0.1, 0.15) is 72.2 Å². The Bertz CT molecular complexity index is 722. The first kappa shape index (κ1) is 35.9. The molecule has 4 nitrogen and oxygen atoms in total. The summed E-state index contributed by atoms with van der Waals surface area (Å²) < 4.78 is 9.57. The van der Waals surface area contributed by atoms with Crippen LogP contribution in [0, 0.1) is 0 Å². The molecule has 3 rings (SSSR count). The van der Waals surface area contributed by atoms with Gasteiger partial charge in [0.15, 0.2) is 0 Å². The van der Waals surface area contributed by atoms with E-state index in [1.165, 1.54) is 24.3 Å². The van der Waals surface area contributed by atoms with Crippen molar-refractivity contribution in [2.75, 3.05) is 20.3 Å². The Morgan fingerprint density at radius 3 is 1.41 bits per heavy atom. The third-order valence-electron chi connectivity index (χ3n) is 3.43. The molecule has 3 aromatic rings. The first-order valence-corrected chi connectivity index (χ1v) is 12.4. The van der Waals surface area contributed by atoms with Crippen LogP contribution in [0.25, 0.3) is 10.8 Å². The molecule has 0 aliphatic rings. The second-order valence-electron chi connectivity index (χ2n) is 6.13. The van der Waals surface area contributed by atoms with Crippen LogP contribution in [0.2, 0.25) is 0 Å². The van der Waals surface area contributed by atoms with E-state index in [4.69, 9.17) is 9.47 Å². The number of hydrogen-bond acceptors (Lipinski definition) is 4. The Morgan fingerprint density at radius 2 is 1.06 bits per heavy atom. The van der Waals surface area contributed by atoms with Gasteiger partial charge >= 0.3 is 5.97 Å². The Morgan fingerprint density at radius 1 is 0.706 bits per heavy atom. The van der Waals surface area contributed by atoms with E-state index >= 15 is 0 Å². The van der Waals surface area contributed by atoms with Crippen LogP contribution in [-0.4, -0.2) is 37.5 Å².